The number of carbonyl (C=O) groups excluding carboxylic acids is 1. The largest absolute Gasteiger partial charge is 0.439 e. The first-order valence-electron chi connectivity index (χ1n) is 8.85. The number of hydrogen-bond donors (Lipinski definition) is 1. The number of nitrogens with one attached hydrogen (secondary N) is 1. The van der Waals surface area contributed by atoms with E-state index in [0.717, 1.165) is 5.52 Å². The van der Waals surface area contributed by atoms with Crippen molar-refractivity contribution in [2.45, 2.75) is 6.54 Å². The fourth-order valence-corrected chi connectivity index (χ4v) is 3.12. The van der Waals surface area contributed by atoms with Crippen molar-refractivity contribution in [2.75, 3.05) is 5.32 Å². The molecule has 29 heavy (non-hydrogen) atoms. The molecule has 0 fully saturated rings. The molecule has 1 N–H and O–H groups in total. The first-order chi connectivity index (χ1) is 14.0. The van der Waals surface area contributed by atoms with E-state index in [0.29, 0.717) is 27.9 Å². The lowest BCUT2D eigenvalue weighted by Gasteiger charge is -2.08. The first kappa shape index (κ1) is 18.8. The molecule has 0 saturated carbocycles. The van der Waals surface area contributed by atoms with Crippen LogP contribution in [0.15, 0.2) is 71.7 Å². The number of fused-ring (bicyclic) bond motifs is 1. The van der Waals surface area contributed by atoms with Crippen LogP contribution in [-0.4, -0.2) is 20.0 Å². The molecule has 146 valence electrons. The van der Waals surface area contributed by atoms with Crippen molar-refractivity contribution in [3.8, 4) is 11.6 Å². The molecule has 8 heteroatoms. The third kappa shape index (κ3) is 4.00. The van der Waals surface area contributed by atoms with E-state index in [1.54, 1.807) is 43.4 Å². The van der Waals surface area contributed by atoms with Gasteiger partial charge in [-0.05, 0) is 42.5 Å². The van der Waals surface area contributed by atoms with E-state index in [1.807, 2.05) is 24.3 Å². The van der Waals surface area contributed by atoms with Gasteiger partial charge in [-0.15, -0.1) is 0 Å². The van der Waals surface area contributed by atoms with Gasteiger partial charge in [-0.3, -0.25) is 13.9 Å². The molecule has 0 spiro atoms. The van der Waals surface area contributed by atoms with Gasteiger partial charge >= 0.3 is 5.69 Å². The average Bonchev–Trinajstić information content (AvgIpc) is 2.96. The minimum Gasteiger partial charge on any atom is -0.439 e. The molecule has 7 nitrogen and oxygen atoms in total. The van der Waals surface area contributed by atoms with Crippen LogP contribution in [0.4, 0.5) is 5.69 Å². The second-order valence-electron chi connectivity index (χ2n) is 6.41. The number of aryl methyl sites for hydroxylation is 1. The maximum Gasteiger partial charge on any atom is 0.329 e. The molecule has 4 rings (SSSR count). The number of imidazole rings is 1. The van der Waals surface area contributed by atoms with Crippen LogP contribution in [0, 0.1) is 0 Å². The van der Waals surface area contributed by atoms with E-state index >= 15 is 0 Å². The second kappa shape index (κ2) is 7.81. The van der Waals surface area contributed by atoms with E-state index in [2.05, 4.69) is 10.3 Å². The summed E-state index contributed by atoms with van der Waals surface area (Å²) in [6.07, 6.45) is 1.50. The van der Waals surface area contributed by atoms with Crippen molar-refractivity contribution in [1.29, 1.82) is 0 Å². The average molecular weight is 409 g/mol. The number of anilines is 1. The predicted octanol–water partition coefficient (Wildman–Crippen LogP) is 3.82. The first-order valence-corrected chi connectivity index (χ1v) is 9.22. The number of ether oxygens (including phenoxy) is 1. The summed E-state index contributed by atoms with van der Waals surface area (Å²) in [5.41, 5.74) is 1.74. The zero-order valence-electron chi connectivity index (χ0n) is 15.5. The van der Waals surface area contributed by atoms with Crippen LogP contribution in [-0.2, 0) is 18.4 Å². The molecule has 0 saturated heterocycles. The lowest BCUT2D eigenvalue weighted by Crippen LogP contribution is -2.28. The smallest absolute Gasteiger partial charge is 0.329 e. The van der Waals surface area contributed by atoms with E-state index in [-0.39, 0.29) is 18.1 Å². The summed E-state index contributed by atoms with van der Waals surface area (Å²) in [4.78, 5) is 29.1. The minimum absolute atomic E-state index is 0.0940. The van der Waals surface area contributed by atoms with Gasteiger partial charge in [0.2, 0.25) is 11.8 Å². The maximum absolute atomic E-state index is 12.4. The van der Waals surface area contributed by atoms with Crippen molar-refractivity contribution in [2.24, 2.45) is 7.05 Å². The normalized spacial score (nSPS) is 10.8. The van der Waals surface area contributed by atoms with Gasteiger partial charge in [0.05, 0.1) is 22.9 Å². The fraction of sp³-hybridized carbons (Fsp3) is 0.0952. The molecule has 0 radical (unpaired) electrons. The number of para-hydroxylation sites is 2. The van der Waals surface area contributed by atoms with Crippen LogP contribution >= 0.6 is 11.6 Å². The number of rotatable bonds is 5. The predicted molar refractivity (Wildman–Crippen MR) is 112 cm³/mol. The van der Waals surface area contributed by atoms with Crippen molar-refractivity contribution in [1.82, 2.24) is 14.1 Å². The monoisotopic (exact) mass is 408 g/mol. The highest BCUT2D eigenvalue weighted by Gasteiger charge is 2.13. The van der Waals surface area contributed by atoms with Crippen LogP contribution in [0.3, 0.4) is 0 Å². The number of benzene rings is 2. The van der Waals surface area contributed by atoms with Crippen LogP contribution in [0.1, 0.15) is 0 Å². The van der Waals surface area contributed by atoms with E-state index in [1.165, 1.54) is 15.3 Å². The highest BCUT2D eigenvalue weighted by Crippen LogP contribution is 2.22. The summed E-state index contributed by atoms with van der Waals surface area (Å²) >= 11 is 5.85. The van der Waals surface area contributed by atoms with Crippen LogP contribution in [0.2, 0.25) is 5.02 Å². The Labute approximate surface area is 171 Å². The lowest BCUT2D eigenvalue weighted by molar-refractivity contribution is -0.116. The lowest BCUT2D eigenvalue weighted by atomic mass is 10.3. The summed E-state index contributed by atoms with van der Waals surface area (Å²) in [5, 5.41) is 3.37. The molecule has 0 bridgehead atoms. The van der Waals surface area contributed by atoms with Crippen molar-refractivity contribution < 1.29 is 9.53 Å². The van der Waals surface area contributed by atoms with Crippen LogP contribution < -0.4 is 15.7 Å². The highest BCUT2D eigenvalue weighted by atomic mass is 35.5. The van der Waals surface area contributed by atoms with E-state index < -0.39 is 0 Å². The molecule has 0 aliphatic rings. The number of nitrogens with zero attached hydrogens (tertiary/aromatic N) is 3. The third-order valence-corrected chi connectivity index (χ3v) is 4.66. The summed E-state index contributed by atoms with van der Waals surface area (Å²) in [6.45, 7) is -0.0940. The van der Waals surface area contributed by atoms with E-state index in [4.69, 9.17) is 16.3 Å². The molecular formula is C21H17ClN4O3. The molecule has 2 aromatic heterocycles. The maximum atomic E-state index is 12.4. The standard InChI is InChI=1S/C21H17ClN4O3/c1-25-17-4-2-3-5-18(17)26(21(25)28)13-19(27)24-15-8-11-20(23-12-15)29-16-9-6-14(22)7-10-16/h2-12H,13H2,1H3,(H,24,27). The SMILES string of the molecule is Cn1c(=O)n(CC(=O)Nc2ccc(Oc3ccc(Cl)cc3)nc2)c2ccccc21. The highest BCUT2D eigenvalue weighted by molar-refractivity contribution is 6.30. The number of hydrogen-bond acceptors (Lipinski definition) is 4. The third-order valence-electron chi connectivity index (χ3n) is 4.41. The van der Waals surface area contributed by atoms with Crippen LogP contribution in [0.5, 0.6) is 11.6 Å². The van der Waals surface area contributed by atoms with Gasteiger partial charge in [-0.2, -0.15) is 0 Å². The number of halogens is 1. The zero-order valence-corrected chi connectivity index (χ0v) is 16.3. The van der Waals surface area contributed by atoms with Crippen molar-refractivity contribution in [3.63, 3.8) is 0 Å². The molecule has 2 aromatic carbocycles. The number of pyridine rings is 1. The summed E-state index contributed by atoms with van der Waals surface area (Å²) < 4.78 is 8.59. The van der Waals surface area contributed by atoms with Crippen molar-refractivity contribution >= 4 is 34.2 Å². The van der Waals surface area contributed by atoms with Crippen LogP contribution in [0.25, 0.3) is 11.0 Å². The van der Waals surface area contributed by atoms with Gasteiger partial charge in [-0.1, -0.05) is 23.7 Å². The van der Waals surface area contributed by atoms with E-state index in [9.17, 15) is 9.59 Å². The Kier molecular flexibility index (Phi) is 5.05. The molecule has 0 atom stereocenters. The van der Waals surface area contributed by atoms with Gasteiger partial charge in [0.1, 0.15) is 12.3 Å². The Balaban J connectivity index is 1.45. The Morgan fingerprint density at radius 2 is 1.79 bits per heavy atom. The molecule has 1 amide bonds. The number of amides is 1. The number of aromatic nitrogens is 3. The topological polar surface area (TPSA) is 78.2 Å². The second-order valence-corrected chi connectivity index (χ2v) is 6.84. The fourth-order valence-electron chi connectivity index (χ4n) is 3.00. The summed E-state index contributed by atoms with van der Waals surface area (Å²) in [5.74, 6) is 0.668. The Morgan fingerprint density at radius 3 is 2.48 bits per heavy atom. The van der Waals surface area contributed by atoms with Gasteiger partial charge < -0.3 is 10.1 Å². The molecule has 2 heterocycles. The summed E-state index contributed by atoms with van der Waals surface area (Å²) in [6, 6.07) is 17.6. The van der Waals surface area contributed by atoms with Gasteiger partial charge in [0.25, 0.3) is 0 Å². The number of carbonyl (C=O) groups is 1. The minimum atomic E-state index is -0.323. The molecule has 4 aromatic rings. The Morgan fingerprint density at radius 1 is 1.07 bits per heavy atom. The molecule has 0 aliphatic carbocycles. The zero-order chi connectivity index (χ0) is 20.4. The van der Waals surface area contributed by atoms with Gasteiger partial charge in [-0.25, -0.2) is 9.78 Å². The van der Waals surface area contributed by atoms with Gasteiger partial charge in [0, 0.05) is 18.1 Å². The molecule has 0 unspecified atom stereocenters. The Hall–Kier alpha value is -3.58. The summed E-state index contributed by atoms with van der Waals surface area (Å²) in [7, 11) is 1.68. The Bertz CT molecular complexity index is 1230. The molecular weight excluding hydrogens is 392 g/mol. The molecule has 0 aliphatic heterocycles. The van der Waals surface area contributed by atoms with Crippen molar-refractivity contribution in [3.05, 3.63) is 82.4 Å². The quantitative estimate of drug-likeness (QED) is 0.544. The van der Waals surface area contributed by atoms with Gasteiger partial charge in [0.15, 0.2) is 0 Å².